The number of aromatic carboxylic acids is 1. The van der Waals surface area contributed by atoms with Crippen molar-refractivity contribution in [2.75, 3.05) is 7.11 Å². The summed E-state index contributed by atoms with van der Waals surface area (Å²) in [5.41, 5.74) is 5.38. The standard InChI is InChI=1S/C11H13NO4S/c1-11(16-2,10(12)15)17-8-5-3-4-7(6-8)9(13)14/h3-6H,1-2H3,(H2,12,15)(H,13,14). The Morgan fingerprint density at radius 1 is 1.47 bits per heavy atom. The number of hydrogen-bond acceptors (Lipinski definition) is 4. The molecule has 0 aliphatic heterocycles. The van der Waals surface area contributed by atoms with Crippen LogP contribution in [0.2, 0.25) is 0 Å². The maximum absolute atomic E-state index is 11.2. The molecule has 1 atom stereocenters. The summed E-state index contributed by atoms with van der Waals surface area (Å²) in [6.07, 6.45) is 0. The van der Waals surface area contributed by atoms with Crippen molar-refractivity contribution in [1.82, 2.24) is 0 Å². The van der Waals surface area contributed by atoms with Crippen LogP contribution in [0.4, 0.5) is 0 Å². The van der Waals surface area contributed by atoms with Gasteiger partial charge in [-0.15, -0.1) is 0 Å². The molecule has 92 valence electrons. The molecule has 0 aromatic heterocycles. The van der Waals surface area contributed by atoms with Gasteiger partial charge in [-0.3, -0.25) is 4.79 Å². The third kappa shape index (κ3) is 3.21. The van der Waals surface area contributed by atoms with Gasteiger partial charge in [0.1, 0.15) is 0 Å². The summed E-state index contributed by atoms with van der Waals surface area (Å²) in [5.74, 6) is -1.64. The number of ether oxygens (including phenoxy) is 1. The highest BCUT2D eigenvalue weighted by Crippen LogP contribution is 2.33. The monoisotopic (exact) mass is 255 g/mol. The van der Waals surface area contributed by atoms with E-state index in [0.717, 1.165) is 11.8 Å². The summed E-state index contributed by atoms with van der Waals surface area (Å²) >= 11 is 1.07. The third-order valence-electron chi connectivity index (χ3n) is 2.23. The number of carbonyl (C=O) groups excluding carboxylic acids is 1. The highest BCUT2D eigenvalue weighted by molar-refractivity contribution is 8.01. The first kappa shape index (κ1) is 13.5. The van der Waals surface area contributed by atoms with Gasteiger partial charge in [-0.2, -0.15) is 0 Å². The molecule has 1 unspecified atom stereocenters. The zero-order valence-electron chi connectivity index (χ0n) is 9.47. The fraction of sp³-hybridized carbons (Fsp3) is 0.273. The van der Waals surface area contributed by atoms with E-state index in [1.54, 1.807) is 12.1 Å². The van der Waals surface area contributed by atoms with E-state index in [1.165, 1.54) is 26.2 Å². The number of hydrogen-bond donors (Lipinski definition) is 2. The molecule has 1 amide bonds. The number of benzene rings is 1. The lowest BCUT2D eigenvalue weighted by atomic mass is 10.2. The van der Waals surface area contributed by atoms with Crippen LogP contribution >= 0.6 is 11.8 Å². The Kier molecular flexibility index (Phi) is 4.14. The Balaban J connectivity index is 2.98. The fourth-order valence-corrected chi connectivity index (χ4v) is 2.08. The SMILES string of the molecule is COC(C)(Sc1cccc(C(=O)O)c1)C(N)=O. The first-order chi connectivity index (χ1) is 7.89. The van der Waals surface area contributed by atoms with Crippen LogP contribution in [-0.4, -0.2) is 29.0 Å². The molecule has 0 fully saturated rings. The van der Waals surface area contributed by atoms with E-state index in [-0.39, 0.29) is 5.56 Å². The Labute approximate surface area is 103 Å². The van der Waals surface area contributed by atoms with Gasteiger partial charge in [0.15, 0.2) is 4.93 Å². The molecule has 0 saturated heterocycles. The number of rotatable bonds is 5. The number of carbonyl (C=O) groups is 2. The highest BCUT2D eigenvalue weighted by atomic mass is 32.2. The number of carboxylic acids is 1. The molecule has 0 aliphatic rings. The molecule has 0 saturated carbocycles. The van der Waals surface area contributed by atoms with Crippen molar-refractivity contribution in [3.05, 3.63) is 29.8 Å². The lowest BCUT2D eigenvalue weighted by Gasteiger charge is -2.23. The number of methoxy groups -OCH3 is 1. The average molecular weight is 255 g/mol. The second-order valence-electron chi connectivity index (χ2n) is 3.45. The van der Waals surface area contributed by atoms with Crippen molar-refractivity contribution >= 4 is 23.6 Å². The topological polar surface area (TPSA) is 89.6 Å². The maximum Gasteiger partial charge on any atom is 0.335 e. The molecule has 1 aromatic rings. The number of thioether (sulfide) groups is 1. The molecule has 1 aromatic carbocycles. The molecule has 0 bridgehead atoms. The number of carboxylic acid groups (broad SMARTS) is 1. The summed E-state index contributed by atoms with van der Waals surface area (Å²) in [6.45, 7) is 1.54. The predicted octanol–water partition coefficient (Wildman–Crippen LogP) is 1.32. The van der Waals surface area contributed by atoms with Crippen molar-refractivity contribution in [2.24, 2.45) is 5.73 Å². The first-order valence-corrected chi connectivity index (χ1v) is 5.58. The molecule has 5 nitrogen and oxygen atoms in total. The van der Waals surface area contributed by atoms with Gasteiger partial charge in [0.2, 0.25) is 0 Å². The zero-order chi connectivity index (χ0) is 13.1. The van der Waals surface area contributed by atoms with Crippen LogP contribution in [0.5, 0.6) is 0 Å². The van der Waals surface area contributed by atoms with Crippen molar-refractivity contribution in [2.45, 2.75) is 16.8 Å². The number of primary amides is 1. The minimum atomic E-state index is -1.21. The van der Waals surface area contributed by atoms with Crippen LogP contribution in [0.15, 0.2) is 29.2 Å². The minimum Gasteiger partial charge on any atom is -0.478 e. The van der Waals surface area contributed by atoms with Gasteiger partial charge < -0.3 is 15.6 Å². The van der Waals surface area contributed by atoms with E-state index < -0.39 is 16.8 Å². The molecule has 6 heteroatoms. The lowest BCUT2D eigenvalue weighted by molar-refractivity contribution is -0.129. The second kappa shape index (κ2) is 5.20. The second-order valence-corrected chi connectivity index (χ2v) is 4.90. The van der Waals surface area contributed by atoms with Gasteiger partial charge >= 0.3 is 5.97 Å². The van der Waals surface area contributed by atoms with Crippen LogP contribution in [0.25, 0.3) is 0 Å². The van der Waals surface area contributed by atoms with Gasteiger partial charge in [-0.25, -0.2) is 4.79 Å². The van der Waals surface area contributed by atoms with E-state index in [9.17, 15) is 9.59 Å². The van der Waals surface area contributed by atoms with Crippen LogP contribution in [0.1, 0.15) is 17.3 Å². The lowest BCUT2D eigenvalue weighted by Crippen LogP contribution is -2.39. The summed E-state index contributed by atoms with van der Waals surface area (Å²) in [6, 6.07) is 6.23. The van der Waals surface area contributed by atoms with Gasteiger partial charge in [0.25, 0.3) is 5.91 Å². The summed E-state index contributed by atoms with van der Waals surface area (Å²) in [4.78, 5) is 21.4. The zero-order valence-corrected chi connectivity index (χ0v) is 10.3. The maximum atomic E-state index is 11.2. The largest absolute Gasteiger partial charge is 0.478 e. The quantitative estimate of drug-likeness (QED) is 0.612. The molecular formula is C11H13NO4S. The Bertz CT molecular complexity index is 449. The van der Waals surface area contributed by atoms with E-state index in [4.69, 9.17) is 15.6 Å². The van der Waals surface area contributed by atoms with Crippen LogP contribution in [0.3, 0.4) is 0 Å². The molecule has 0 spiro atoms. The Hall–Kier alpha value is -1.53. The van der Waals surface area contributed by atoms with E-state index in [0.29, 0.717) is 4.90 Å². The van der Waals surface area contributed by atoms with Crippen molar-refractivity contribution in [3.63, 3.8) is 0 Å². The van der Waals surface area contributed by atoms with Gasteiger partial charge in [-0.1, -0.05) is 17.8 Å². The Morgan fingerprint density at radius 3 is 2.59 bits per heavy atom. The molecule has 1 rings (SSSR count). The molecule has 0 heterocycles. The van der Waals surface area contributed by atoms with E-state index in [2.05, 4.69) is 0 Å². The van der Waals surface area contributed by atoms with Gasteiger partial charge in [0, 0.05) is 12.0 Å². The van der Waals surface area contributed by atoms with E-state index >= 15 is 0 Å². The normalized spacial score (nSPS) is 14.0. The number of nitrogens with two attached hydrogens (primary N) is 1. The predicted molar refractivity (Wildman–Crippen MR) is 63.9 cm³/mol. The molecule has 3 N–H and O–H groups in total. The minimum absolute atomic E-state index is 0.151. The molecule has 17 heavy (non-hydrogen) atoms. The van der Waals surface area contributed by atoms with Gasteiger partial charge in [-0.05, 0) is 25.1 Å². The van der Waals surface area contributed by atoms with Crippen molar-refractivity contribution < 1.29 is 19.4 Å². The third-order valence-corrected chi connectivity index (χ3v) is 3.48. The summed E-state index contributed by atoms with van der Waals surface area (Å²) in [5, 5.41) is 8.84. The number of amides is 1. The summed E-state index contributed by atoms with van der Waals surface area (Å²) < 4.78 is 5.04. The molecular weight excluding hydrogens is 242 g/mol. The van der Waals surface area contributed by atoms with Crippen LogP contribution < -0.4 is 5.73 Å². The van der Waals surface area contributed by atoms with E-state index in [1.807, 2.05) is 0 Å². The van der Waals surface area contributed by atoms with Crippen LogP contribution in [0, 0.1) is 0 Å². The van der Waals surface area contributed by atoms with Crippen molar-refractivity contribution in [1.29, 1.82) is 0 Å². The fourth-order valence-electron chi connectivity index (χ4n) is 1.11. The van der Waals surface area contributed by atoms with Crippen LogP contribution in [-0.2, 0) is 9.53 Å². The molecule has 0 radical (unpaired) electrons. The first-order valence-electron chi connectivity index (χ1n) is 4.76. The van der Waals surface area contributed by atoms with Gasteiger partial charge in [0.05, 0.1) is 5.56 Å². The molecule has 0 aliphatic carbocycles. The average Bonchev–Trinajstić information content (AvgIpc) is 2.29. The highest BCUT2D eigenvalue weighted by Gasteiger charge is 2.32. The summed E-state index contributed by atoms with van der Waals surface area (Å²) in [7, 11) is 1.37. The van der Waals surface area contributed by atoms with Crippen molar-refractivity contribution in [3.8, 4) is 0 Å². The Morgan fingerprint density at radius 2 is 2.12 bits per heavy atom. The smallest absolute Gasteiger partial charge is 0.335 e.